The Labute approximate surface area is 204 Å². The largest absolute Gasteiger partial charge is 0.497 e. The number of fused-ring (bicyclic) bond motifs is 1. The number of nitrogens with zero attached hydrogens (tertiary/aromatic N) is 4. The molecule has 0 spiro atoms. The standard InChI is InChI=1S/C26H26N4O4S/c1-33-21-8-11-25(34-2)23(18-21)24-10-12-26(28-27-24)29-13-15-30(16-14-29)35(31,32)22-9-7-19-5-3-4-6-20(19)17-22/h3-12,17-18H,13-16H2,1-2H3. The van der Waals surface area contributed by atoms with Gasteiger partial charge in [-0.1, -0.05) is 30.3 Å². The van der Waals surface area contributed by atoms with Crippen LogP contribution in [0.25, 0.3) is 22.0 Å². The van der Waals surface area contributed by atoms with Crippen molar-refractivity contribution in [2.75, 3.05) is 45.3 Å². The van der Waals surface area contributed by atoms with Gasteiger partial charge in [0.05, 0.1) is 24.8 Å². The molecule has 1 aliphatic rings. The molecule has 8 nitrogen and oxygen atoms in total. The van der Waals surface area contributed by atoms with Gasteiger partial charge in [0.15, 0.2) is 5.82 Å². The van der Waals surface area contributed by atoms with Crippen LogP contribution < -0.4 is 14.4 Å². The molecule has 1 fully saturated rings. The maximum absolute atomic E-state index is 13.2. The third-order valence-electron chi connectivity index (χ3n) is 6.25. The molecule has 0 atom stereocenters. The van der Waals surface area contributed by atoms with E-state index in [1.165, 1.54) is 4.31 Å². The SMILES string of the molecule is COc1ccc(OC)c(-c2ccc(N3CCN(S(=O)(=O)c4ccc5ccccc5c4)CC3)nn2)c1. The van der Waals surface area contributed by atoms with Crippen LogP contribution in [0.15, 0.2) is 77.7 Å². The summed E-state index contributed by atoms with van der Waals surface area (Å²) in [7, 11) is -0.350. The first-order valence-corrected chi connectivity index (χ1v) is 12.7. The van der Waals surface area contributed by atoms with Gasteiger partial charge in [-0.05, 0) is 53.2 Å². The Morgan fingerprint density at radius 3 is 2.23 bits per heavy atom. The number of sulfonamides is 1. The molecule has 0 unspecified atom stereocenters. The molecule has 0 N–H and O–H groups in total. The van der Waals surface area contributed by atoms with E-state index in [9.17, 15) is 8.42 Å². The Bertz CT molecular complexity index is 1450. The zero-order valence-corrected chi connectivity index (χ0v) is 20.4. The first kappa shape index (κ1) is 23.1. The highest BCUT2D eigenvalue weighted by molar-refractivity contribution is 7.89. The van der Waals surface area contributed by atoms with Crippen molar-refractivity contribution in [2.45, 2.75) is 4.90 Å². The number of benzene rings is 3. The molecule has 0 amide bonds. The zero-order chi connectivity index (χ0) is 24.4. The number of anilines is 1. The third-order valence-corrected chi connectivity index (χ3v) is 8.15. The summed E-state index contributed by atoms with van der Waals surface area (Å²) < 4.78 is 38.8. The lowest BCUT2D eigenvalue weighted by molar-refractivity contribution is 0.383. The summed E-state index contributed by atoms with van der Waals surface area (Å²) in [6.45, 7) is 1.82. The van der Waals surface area contributed by atoms with Gasteiger partial charge in [-0.25, -0.2) is 8.42 Å². The van der Waals surface area contributed by atoms with E-state index in [2.05, 4.69) is 10.2 Å². The van der Waals surface area contributed by atoms with E-state index in [1.54, 1.807) is 26.4 Å². The van der Waals surface area contributed by atoms with Gasteiger partial charge in [-0.15, -0.1) is 10.2 Å². The van der Waals surface area contributed by atoms with Crippen molar-refractivity contribution in [3.8, 4) is 22.8 Å². The van der Waals surface area contributed by atoms with Crippen LogP contribution in [0.3, 0.4) is 0 Å². The number of piperazine rings is 1. The van der Waals surface area contributed by atoms with Gasteiger partial charge in [-0.3, -0.25) is 0 Å². The van der Waals surface area contributed by atoms with Crippen LogP contribution >= 0.6 is 0 Å². The highest BCUT2D eigenvalue weighted by atomic mass is 32.2. The lowest BCUT2D eigenvalue weighted by atomic mass is 10.1. The van der Waals surface area contributed by atoms with Crippen molar-refractivity contribution in [3.63, 3.8) is 0 Å². The highest BCUT2D eigenvalue weighted by Crippen LogP contribution is 2.32. The van der Waals surface area contributed by atoms with E-state index < -0.39 is 10.0 Å². The number of hydrogen-bond donors (Lipinski definition) is 0. The Morgan fingerprint density at radius 1 is 0.771 bits per heavy atom. The summed E-state index contributed by atoms with van der Waals surface area (Å²) in [6.07, 6.45) is 0. The third kappa shape index (κ3) is 4.52. The van der Waals surface area contributed by atoms with E-state index in [0.717, 1.165) is 16.3 Å². The average molecular weight is 491 g/mol. The Morgan fingerprint density at radius 2 is 1.54 bits per heavy atom. The topological polar surface area (TPSA) is 84.9 Å². The molecule has 2 heterocycles. The molecule has 0 aliphatic carbocycles. The molecule has 3 aromatic carbocycles. The Kier molecular flexibility index (Phi) is 6.27. The van der Waals surface area contributed by atoms with Gasteiger partial charge >= 0.3 is 0 Å². The Balaban J connectivity index is 1.30. The van der Waals surface area contributed by atoms with Crippen LogP contribution in [0.2, 0.25) is 0 Å². The molecule has 1 saturated heterocycles. The second kappa shape index (κ2) is 9.52. The summed E-state index contributed by atoms with van der Waals surface area (Å²) in [5, 5.41) is 10.7. The molecule has 180 valence electrons. The number of rotatable bonds is 6. The van der Waals surface area contributed by atoms with Crippen LogP contribution in [0.5, 0.6) is 11.5 Å². The smallest absolute Gasteiger partial charge is 0.243 e. The molecule has 1 aliphatic heterocycles. The maximum atomic E-state index is 13.2. The second-order valence-electron chi connectivity index (χ2n) is 8.24. The fraction of sp³-hybridized carbons (Fsp3) is 0.231. The number of ether oxygens (including phenoxy) is 2. The van der Waals surface area contributed by atoms with Crippen LogP contribution in [-0.4, -0.2) is 63.3 Å². The van der Waals surface area contributed by atoms with Crippen molar-refractivity contribution in [2.24, 2.45) is 0 Å². The molecule has 1 aromatic heterocycles. The van der Waals surface area contributed by atoms with E-state index in [-0.39, 0.29) is 0 Å². The number of hydrogen-bond acceptors (Lipinski definition) is 7. The van der Waals surface area contributed by atoms with Crippen LogP contribution in [0.1, 0.15) is 0 Å². The quantitative estimate of drug-likeness (QED) is 0.406. The van der Waals surface area contributed by atoms with Crippen molar-refractivity contribution in [3.05, 3.63) is 72.8 Å². The minimum absolute atomic E-state index is 0.320. The molecule has 0 saturated carbocycles. The maximum Gasteiger partial charge on any atom is 0.243 e. The average Bonchev–Trinajstić information content (AvgIpc) is 2.92. The van der Waals surface area contributed by atoms with Crippen LogP contribution in [-0.2, 0) is 10.0 Å². The predicted octanol–water partition coefficient (Wildman–Crippen LogP) is 3.82. The molecular formula is C26H26N4O4S. The molecule has 5 rings (SSSR count). The van der Waals surface area contributed by atoms with Crippen LogP contribution in [0, 0.1) is 0 Å². The van der Waals surface area contributed by atoms with E-state index in [1.807, 2.05) is 65.6 Å². The summed E-state index contributed by atoms with van der Waals surface area (Å²) >= 11 is 0. The normalized spacial score (nSPS) is 14.7. The molecule has 4 aromatic rings. The summed E-state index contributed by atoms with van der Waals surface area (Å²) in [4.78, 5) is 2.37. The van der Waals surface area contributed by atoms with Gasteiger partial charge in [0.1, 0.15) is 11.5 Å². The first-order chi connectivity index (χ1) is 17.0. The summed E-state index contributed by atoms with van der Waals surface area (Å²) in [5.74, 6) is 2.09. The van der Waals surface area contributed by atoms with Gasteiger partial charge < -0.3 is 14.4 Å². The molecular weight excluding hydrogens is 464 g/mol. The summed E-state index contributed by atoms with van der Waals surface area (Å²) in [6, 6.07) is 22.3. The minimum Gasteiger partial charge on any atom is -0.497 e. The Hall–Kier alpha value is -3.69. The van der Waals surface area contributed by atoms with Crippen molar-refractivity contribution >= 4 is 26.6 Å². The molecule has 0 bridgehead atoms. The van der Waals surface area contributed by atoms with E-state index in [0.29, 0.717) is 54.1 Å². The molecule has 0 radical (unpaired) electrons. The minimum atomic E-state index is -3.57. The highest BCUT2D eigenvalue weighted by Gasteiger charge is 2.29. The van der Waals surface area contributed by atoms with Crippen molar-refractivity contribution in [1.82, 2.24) is 14.5 Å². The van der Waals surface area contributed by atoms with Gasteiger partial charge in [0, 0.05) is 31.7 Å². The van der Waals surface area contributed by atoms with Crippen molar-refractivity contribution in [1.29, 1.82) is 0 Å². The molecule has 35 heavy (non-hydrogen) atoms. The van der Waals surface area contributed by atoms with Gasteiger partial charge in [0.2, 0.25) is 10.0 Å². The summed E-state index contributed by atoms with van der Waals surface area (Å²) in [5.41, 5.74) is 1.46. The zero-order valence-electron chi connectivity index (χ0n) is 19.6. The van der Waals surface area contributed by atoms with Gasteiger partial charge in [0.25, 0.3) is 0 Å². The predicted molar refractivity (Wildman–Crippen MR) is 135 cm³/mol. The molecule has 9 heteroatoms. The fourth-order valence-corrected chi connectivity index (χ4v) is 5.74. The second-order valence-corrected chi connectivity index (χ2v) is 10.2. The number of aromatic nitrogens is 2. The fourth-order valence-electron chi connectivity index (χ4n) is 4.29. The first-order valence-electron chi connectivity index (χ1n) is 11.3. The number of methoxy groups -OCH3 is 2. The van der Waals surface area contributed by atoms with E-state index in [4.69, 9.17) is 9.47 Å². The lowest BCUT2D eigenvalue weighted by Gasteiger charge is -2.34. The van der Waals surface area contributed by atoms with Gasteiger partial charge in [-0.2, -0.15) is 4.31 Å². The van der Waals surface area contributed by atoms with E-state index >= 15 is 0 Å². The lowest BCUT2D eigenvalue weighted by Crippen LogP contribution is -2.49. The van der Waals surface area contributed by atoms with Crippen molar-refractivity contribution < 1.29 is 17.9 Å². The van der Waals surface area contributed by atoms with Crippen LogP contribution in [0.4, 0.5) is 5.82 Å². The monoisotopic (exact) mass is 490 g/mol.